The molecule has 0 amide bonds. The SMILES string of the molecule is CCCNC(Cc1ccc(C)cc1)c1csc(Br)c1. The smallest absolute Gasteiger partial charge is 0.0701 e. The summed E-state index contributed by atoms with van der Waals surface area (Å²) in [6, 6.07) is 11.5. The zero-order chi connectivity index (χ0) is 13.7. The highest BCUT2D eigenvalue weighted by atomic mass is 79.9. The number of thiophene rings is 1. The van der Waals surface area contributed by atoms with Gasteiger partial charge in [0, 0.05) is 6.04 Å². The van der Waals surface area contributed by atoms with E-state index in [-0.39, 0.29) is 0 Å². The molecule has 0 spiro atoms. The molecule has 2 rings (SSSR count). The topological polar surface area (TPSA) is 12.0 Å². The highest BCUT2D eigenvalue weighted by Gasteiger charge is 2.13. The Morgan fingerprint density at radius 1 is 1.26 bits per heavy atom. The first kappa shape index (κ1) is 14.8. The molecular weight excluding hydrogens is 318 g/mol. The van der Waals surface area contributed by atoms with Crippen molar-refractivity contribution in [1.29, 1.82) is 0 Å². The van der Waals surface area contributed by atoms with Crippen molar-refractivity contribution in [3.63, 3.8) is 0 Å². The van der Waals surface area contributed by atoms with Crippen LogP contribution in [0.3, 0.4) is 0 Å². The predicted molar refractivity (Wildman–Crippen MR) is 87.9 cm³/mol. The van der Waals surface area contributed by atoms with Crippen LogP contribution in [0.2, 0.25) is 0 Å². The van der Waals surface area contributed by atoms with Crippen LogP contribution >= 0.6 is 27.3 Å². The van der Waals surface area contributed by atoms with E-state index in [1.54, 1.807) is 11.3 Å². The van der Waals surface area contributed by atoms with Crippen molar-refractivity contribution in [1.82, 2.24) is 5.32 Å². The largest absolute Gasteiger partial charge is 0.310 e. The van der Waals surface area contributed by atoms with Gasteiger partial charge < -0.3 is 5.32 Å². The van der Waals surface area contributed by atoms with Gasteiger partial charge >= 0.3 is 0 Å². The molecular formula is C16H20BrNS. The molecule has 102 valence electrons. The van der Waals surface area contributed by atoms with Gasteiger partial charge in [0.2, 0.25) is 0 Å². The minimum absolute atomic E-state index is 0.408. The average molecular weight is 338 g/mol. The quantitative estimate of drug-likeness (QED) is 0.772. The molecule has 1 atom stereocenters. The van der Waals surface area contributed by atoms with Crippen LogP contribution in [0.25, 0.3) is 0 Å². The molecule has 0 aliphatic carbocycles. The lowest BCUT2D eigenvalue weighted by Crippen LogP contribution is -2.23. The third kappa shape index (κ3) is 4.44. The standard InChI is InChI=1S/C16H20BrNS/c1-3-8-18-15(14-10-16(17)19-11-14)9-13-6-4-12(2)5-7-13/h4-7,10-11,15,18H,3,8-9H2,1-2H3. The van der Waals surface area contributed by atoms with Gasteiger partial charge in [-0.2, -0.15) is 0 Å². The van der Waals surface area contributed by atoms with Gasteiger partial charge in [-0.05, 0) is 64.8 Å². The molecule has 0 aliphatic heterocycles. The number of halogens is 1. The molecule has 1 aromatic carbocycles. The molecule has 0 saturated carbocycles. The second kappa shape index (κ2) is 7.22. The zero-order valence-corrected chi connectivity index (χ0v) is 13.9. The fraction of sp³-hybridized carbons (Fsp3) is 0.375. The molecule has 0 aliphatic rings. The van der Waals surface area contributed by atoms with Gasteiger partial charge in [-0.1, -0.05) is 36.8 Å². The monoisotopic (exact) mass is 337 g/mol. The van der Waals surface area contributed by atoms with Crippen molar-refractivity contribution in [2.45, 2.75) is 32.7 Å². The van der Waals surface area contributed by atoms with Crippen LogP contribution in [0, 0.1) is 6.92 Å². The molecule has 1 nitrogen and oxygen atoms in total. The van der Waals surface area contributed by atoms with E-state index in [0.29, 0.717) is 6.04 Å². The lowest BCUT2D eigenvalue weighted by atomic mass is 10.0. The Bertz CT molecular complexity index is 504. The van der Waals surface area contributed by atoms with Crippen LogP contribution in [0.15, 0.2) is 39.5 Å². The summed E-state index contributed by atoms with van der Waals surface area (Å²) in [5.74, 6) is 0. The summed E-state index contributed by atoms with van der Waals surface area (Å²) in [6.45, 7) is 5.40. The van der Waals surface area contributed by atoms with Crippen LogP contribution in [-0.4, -0.2) is 6.54 Å². The number of aryl methyl sites for hydroxylation is 1. The Hall–Kier alpha value is -0.640. The van der Waals surface area contributed by atoms with E-state index in [1.165, 1.54) is 20.5 Å². The Morgan fingerprint density at radius 3 is 2.58 bits per heavy atom. The maximum absolute atomic E-state index is 3.65. The van der Waals surface area contributed by atoms with Gasteiger partial charge in [0.05, 0.1) is 3.79 Å². The van der Waals surface area contributed by atoms with Crippen molar-refractivity contribution in [3.05, 3.63) is 56.2 Å². The highest BCUT2D eigenvalue weighted by Crippen LogP contribution is 2.27. The van der Waals surface area contributed by atoms with Crippen molar-refractivity contribution in [2.24, 2.45) is 0 Å². The van der Waals surface area contributed by atoms with Crippen molar-refractivity contribution >= 4 is 27.3 Å². The zero-order valence-electron chi connectivity index (χ0n) is 11.4. The van der Waals surface area contributed by atoms with Gasteiger partial charge in [-0.3, -0.25) is 0 Å². The van der Waals surface area contributed by atoms with Crippen LogP contribution in [0.1, 0.15) is 36.1 Å². The predicted octanol–water partition coefficient (Wildman–Crippen LogP) is 5.10. The van der Waals surface area contributed by atoms with Gasteiger partial charge in [-0.15, -0.1) is 11.3 Å². The Kier molecular flexibility index (Phi) is 5.61. The second-order valence-corrected chi connectivity index (χ2v) is 7.17. The first-order valence-electron chi connectivity index (χ1n) is 6.72. The molecule has 3 heteroatoms. The maximum Gasteiger partial charge on any atom is 0.0701 e. The minimum Gasteiger partial charge on any atom is -0.310 e. The van der Waals surface area contributed by atoms with E-state index in [9.17, 15) is 0 Å². The van der Waals surface area contributed by atoms with Crippen LogP contribution in [-0.2, 0) is 6.42 Å². The molecule has 0 saturated heterocycles. The van der Waals surface area contributed by atoms with Gasteiger partial charge in [-0.25, -0.2) is 0 Å². The number of hydrogen-bond acceptors (Lipinski definition) is 2. The third-order valence-electron chi connectivity index (χ3n) is 3.19. The van der Waals surface area contributed by atoms with Crippen molar-refractivity contribution < 1.29 is 0 Å². The van der Waals surface area contributed by atoms with Crippen LogP contribution in [0.4, 0.5) is 0 Å². The molecule has 0 radical (unpaired) electrons. The molecule has 0 bridgehead atoms. The van der Waals surface area contributed by atoms with Crippen LogP contribution in [0.5, 0.6) is 0 Å². The lowest BCUT2D eigenvalue weighted by molar-refractivity contribution is 0.530. The Morgan fingerprint density at radius 2 is 2.00 bits per heavy atom. The summed E-state index contributed by atoms with van der Waals surface area (Å²) in [5, 5.41) is 5.89. The normalized spacial score (nSPS) is 12.6. The molecule has 1 aromatic heterocycles. The minimum atomic E-state index is 0.408. The molecule has 0 fully saturated rings. The maximum atomic E-state index is 3.65. The number of hydrogen-bond donors (Lipinski definition) is 1. The fourth-order valence-corrected chi connectivity index (χ4v) is 3.32. The van der Waals surface area contributed by atoms with E-state index < -0.39 is 0 Å². The molecule has 1 heterocycles. The third-order valence-corrected chi connectivity index (χ3v) is 4.71. The summed E-state index contributed by atoms with van der Waals surface area (Å²) >= 11 is 5.31. The summed E-state index contributed by atoms with van der Waals surface area (Å²) in [7, 11) is 0. The van der Waals surface area contributed by atoms with E-state index in [0.717, 1.165) is 19.4 Å². The Balaban J connectivity index is 2.11. The summed E-state index contributed by atoms with van der Waals surface area (Å²) in [5.41, 5.74) is 4.09. The molecule has 2 aromatic rings. The number of nitrogens with one attached hydrogen (secondary N) is 1. The van der Waals surface area contributed by atoms with Gasteiger partial charge in [0.1, 0.15) is 0 Å². The summed E-state index contributed by atoms with van der Waals surface area (Å²) in [4.78, 5) is 0. The number of rotatable bonds is 6. The van der Waals surface area contributed by atoms with Gasteiger partial charge in [0.25, 0.3) is 0 Å². The Labute approximate surface area is 128 Å². The molecule has 1 unspecified atom stereocenters. The van der Waals surface area contributed by atoms with E-state index >= 15 is 0 Å². The lowest BCUT2D eigenvalue weighted by Gasteiger charge is -2.17. The van der Waals surface area contributed by atoms with E-state index in [2.05, 4.69) is 70.8 Å². The summed E-state index contributed by atoms with van der Waals surface area (Å²) in [6.07, 6.45) is 2.21. The number of benzene rings is 1. The van der Waals surface area contributed by atoms with Crippen molar-refractivity contribution in [3.8, 4) is 0 Å². The molecule has 19 heavy (non-hydrogen) atoms. The summed E-state index contributed by atoms with van der Waals surface area (Å²) < 4.78 is 1.20. The van der Waals surface area contributed by atoms with E-state index in [4.69, 9.17) is 0 Å². The molecule has 1 N–H and O–H groups in total. The van der Waals surface area contributed by atoms with Crippen molar-refractivity contribution in [2.75, 3.05) is 6.54 Å². The highest BCUT2D eigenvalue weighted by molar-refractivity contribution is 9.11. The van der Waals surface area contributed by atoms with Gasteiger partial charge in [0.15, 0.2) is 0 Å². The fourth-order valence-electron chi connectivity index (χ4n) is 2.09. The van der Waals surface area contributed by atoms with E-state index in [1.807, 2.05) is 0 Å². The first-order chi connectivity index (χ1) is 9.19. The average Bonchev–Trinajstić information content (AvgIpc) is 2.83. The first-order valence-corrected chi connectivity index (χ1v) is 8.39. The van der Waals surface area contributed by atoms with Crippen LogP contribution < -0.4 is 5.32 Å². The second-order valence-electron chi connectivity index (χ2n) is 4.88.